The standard InChI is InChI=1S/C13H15ClN4O3/c1-16(13-12(18(19)20)15-9-17(13)2)7-8-21-11-5-3-10(14)4-6-11/h3-6,9H,7-8H2,1-2H3. The van der Waals surface area contributed by atoms with Gasteiger partial charge in [0.1, 0.15) is 12.4 Å². The van der Waals surface area contributed by atoms with Crippen molar-refractivity contribution in [2.45, 2.75) is 0 Å². The number of benzene rings is 1. The fraction of sp³-hybridized carbons (Fsp3) is 0.308. The third kappa shape index (κ3) is 3.63. The van der Waals surface area contributed by atoms with Crippen LogP contribution in [-0.4, -0.2) is 34.7 Å². The second-order valence-corrected chi connectivity index (χ2v) is 4.92. The topological polar surface area (TPSA) is 73.4 Å². The van der Waals surface area contributed by atoms with Crippen LogP contribution < -0.4 is 9.64 Å². The summed E-state index contributed by atoms with van der Waals surface area (Å²) in [4.78, 5) is 15.9. The van der Waals surface area contributed by atoms with E-state index in [1.807, 2.05) is 0 Å². The van der Waals surface area contributed by atoms with Crippen molar-refractivity contribution in [1.82, 2.24) is 9.55 Å². The number of hydrogen-bond acceptors (Lipinski definition) is 5. The molecule has 1 aromatic heterocycles. The van der Waals surface area contributed by atoms with Crippen molar-refractivity contribution < 1.29 is 9.66 Å². The number of nitrogens with zero attached hydrogens (tertiary/aromatic N) is 4. The Hall–Kier alpha value is -2.28. The normalized spacial score (nSPS) is 10.4. The van der Waals surface area contributed by atoms with E-state index in [2.05, 4.69) is 4.98 Å². The Morgan fingerprint density at radius 3 is 2.71 bits per heavy atom. The highest BCUT2D eigenvalue weighted by molar-refractivity contribution is 6.30. The number of aromatic nitrogens is 2. The van der Waals surface area contributed by atoms with Crippen molar-refractivity contribution in [2.24, 2.45) is 7.05 Å². The molecule has 0 aliphatic carbocycles. The number of anilines is 1. The molecule has 0 amide bonds. The van der Waals surface area contributed by atoms with Crippen LogP contribution in [0, 0.1) is 10.1 Å². The fourth-order valence-electron chi connectivity index (χ4n) is 1.92. The van der Waals surface area contributed by atoms with Crippen molar-refractivity contribution >= 4 is 23.2 Å². The van der Waals surface area contributed by atoms with Gasteiger partial charge in [0.05, 0.1) is 6.54 Å². The molecule has 0 aliphatic rings. The summed E-state index contributed by atoms with van der Waals surface area (Å²) in [6.07, 6.45) is 1.42. The quantitative estimate of drug-likeness (QED) is 0.605. The third-order valence-electron chi connectivity index (χ3n) is 2.93. The molecule has 112 valence electrons. The Labute approximate surface area is 126 Å². The molecule has 1 heterocycles. The van der Waals surface area contributed by atoms with Crippen LogP contribution in [0.5, 0.6) is 5.75 Å². The van der Waals surface area contributed by atoms with Crippen LogP contribution in [0.4, 0.5) is 11.6 Å². The SMILES string of the molecule is CN(CCOc1ccc(Cl)cc1)c1c([N+](=O)[O-])ncn1C. The lowest BCUT2D eigenvalue weighted by atomic mass is 10.3. The highest BCUT2D eigenvalue weighted by Crippen LogP contribution is 2.24. The molecule has 0 radical (unpaired) electrons. The summed E-state index contributed by atoms with van der Waals surface area (Å²) in [7, 11) is 3.47. The van der Waals surface area contributed by atoms with Gasteiger partial charge in [0.25, 0.3) is 0 Å². The number of aryl methyl sites for hydroxylation is 1. The fourth-order valence-corrected chi connectivity index (χ4v) is 2.04. The molecule has 7 nitrogen and oxygen atoms in total. The van der Waals surface area contributed by atoms with Crippen LogP contribution in [-0.2, 0) is 7.05 Å². The minimum Gasteiger partial charge on any atom is -0.492 e. The molecule has 1 aromatic carbocycles. The highest BCUT2D eigenvalue weighted by atomic mass is 35.5. The zero-order valence-electron chi connectivity index (χ0n) is 11.7. The molecule has 0 saturated carbocycles. The number of hydrogen-bond donors (Lipinski definition) is 0. The molecule has 0 aliphatic heterocycles. The first-order valence-corrected chi connectivity index (χ1v) is 6.62. The number of imidazole rings is 1. The molecule has 8 heteroatoms. The first-order chi connectivity index (χ1) is 9.99. The van der Waals surface area contributed by atoms with Gasteiger partial charge >= 0.3 is 5.82 Å². The highest BCUT2D eigenvalue weighted by Gasteiger charge is 2.23. The summed E-state index contributed by atoms with van der Waals surface area (Å²) in [6.45, 7) is 0.878. The monoisotopic (exact) mass is 310 g/mol. The van der Waals surface area contributed by atoms with E-state index in [0.29, 0.717) is 29.7 Å². The lowest BCUT2D eigenvalue weighted by Crippen LogP contribution is -2.26. The second-order valence-electron chi connectivity index (χ2n) is 4.48. The number of likely N-dealkylation sites (N-methyl/N-ethyl adjacent to an activating group) is 1. The van der Waals surface area contributed by atoms with Gasteiger partial charge < -0.3 is 19.8 Å². The van der Waals surface area contributed by atoms with Gasteiger partial charge in [-0.15, -0.1) is 0 Å². The van der Waals surface area contributed by atoms with E-state index < -0.39 is 4.92 Å². The summed E-state index contributed by atoms with van der Waals surface area (Å²) in [5, 5.41) is 11.6. The van der Waals surface area contributed by atoms with Crippen molar-refractivity contribution in [2.75, 3.05) is 25.1 Å². The maximum atomic E-state index is 10.9. The van der Waals surface area contributed by atoms with Gasteiger partial charge in [-0.2, -0.15) is 0 Å². The summed E-state index contributed by atoms with van der Waals surface area (Å²) < 4.78 is 7.18. The molecule has 21 heavy (non-hydrogen) atoms. The summed E-state index contributed by atoms with van der Waals surface area (Å²) in [5.41, 5.74) is 0. The van der Waals surface area contributed by atoms with Crippen molar-refractivity contribution in [1.29, 1.82) is 0 Å². The van der Waals surface area contributed by atoms with Gasteiger partial charge in [0.2, 0.25) is 12.1 Å². The molecule has 0 unspecified atom stereocenters. The van der Waals surface area contributed by atoms with Gasteiger partial charge in [-0.3, -0.25) is 4.57 Å². The minimum absolute atomic E-state index is 0.161. The molecule has 0 spiro atoms. The molecule has 0 saturated heterocycles. The zero-order chi connectivity index (χ0) is 15.4. The number of nitro groups is 1. The lowest BCUT2D eigenvalue weighted by molar-refractivity contribution is -0.388. The van der Waals surface area contributed by atoms with E-state index in [4.69, 9.17) is 16.3 Å². The maximum Gasteiger partial charge on any atom is 0.406 e. The molecule has 0 N–H and O–H groups in total. The van der Waals surface area contributed by atoms with Crippen LogP contribution in [0.3, 0.4) is 0 Å². The van der Waals surface area contributed by atoms with Crippen LogP contribution in [0.25, 0.3) is 0 Å². The minimum atomic E-state index is -0.494. The Kier molecular flexibility index (Phi) is 4.64. The van der Waals surface area contributed by atoms with E-state index in [1.165, 1.54) is 6.33 Å². The van der Waals surface area contributed by atoms with Gasteiger partial charge in [0, 0.05) is 19.1 Å². The van der Waals surface area contributed by atoms with Crippen LogP contribution in [0.2, 0.25) is 5.02 Å². The van der Waals surface area contributed by atoms with Crippen LogP contribution in [0.1, 0.15) is 0 Å². The second kappa shape index (κ2) is 6.45. The van der Waals surface area contributed by atoms with Crippen molar-refractivity contribution in [3.63, 3.8) is 0 Å². The number of halogens is 1. The lowest BCUT2D eigenvalue weighted by Gasteiger charge is -2.18. The molecule has 0 bridgehead atoms. The van der Waals surface area contributed by atoms with Gasteiger partial charge in [-0.25, -0.2) is 0 Å². The van der Waals surface area contributed by atoms with Gasteiger partial charge in [-0.1, -0.05) is 11.6 Å². The first-order valence-electron chi connectivity index (χ1n) is 6.24. The van der Waals surface area contributed by atoms with Crippen molar-refractivity contribution in [3.05, 3.63) is 45.7 Å². The van der Waals surface area contributed by atoms with Gasteiger partial charge in [0.15, 0.2) is 0 Å². The zero-order valence-corrected chi connectivity index (χ0v) is 12.4. The summed E-state index contributed by atoms with van der Waals surface area (Å²) in [6, 6.07) is 7.03. The summed E-state index contributed by atoms with van der Waals surface area (Å²) in [5.74, 6) is 0.985. The van der Waals surface area contributed by atoms with Crippen LogP contribution >= 0.6 is 11.6 Å². The van der Waals surface area contributed by atoms with E-state index in [0.717, 1.165) is 0 Å². The molecular weight excluding hydrogens is 296 g/mol. The van der Waals surface area contributed by atoms with E-state index in [9.17, 15) is 10.1 Å². The van der Waals surface area contributed by atoms with Gasteiger partial charge in [-0.05, 0) is 34.2 Å². The molecule has 0 fully saturated rings. The Morgan fingerprint density at radius 1 is 1.43 bits per heavy atom. The Balaban J connectivity index is 1.96. The summed E-state index contributed by atoms with van der Waals surface area (Å²) >= 11 is 5.79. The predicted molar refractivity (Wildman–Crippen MR) is 80.1 cm³/mol. The molecule has 2 rings (SSSR count). The number of ether oxygens (including phenoxy) is 1. The van der Waals surface area contributed by atoms with Crippen LogP contribution in [0.15, 0.2) is 30.6 Å². The van der Waals surface area contributed by atoms with E-state index >= 15 is 0 Å². The number of rotatable bonds is 6. The predicted octanol–water partition coefficient (Wildman–Crippen LogP) is 2.50. The van der Waals surface area contributed by atoms with E-state index in [1.54, 1.807) is 47.8 Å². The van der Waals surface area contributed by atoms with Crippen molar-refractivity contribution in [3.8, 4) is 5.75 Å². The first kappa shape index (κ1) is 15.1. The largest absolute Gasteiger partial charge is 0.492 e. The molecule has 0 atom stereocenters. The smallest absolute Gasteiger partial charge is 0.406 e. The molecular formula is C13H15ClN4O3. The molecule has 2 aromatic rings. The third-order valence-corrected chi connectivity index (χ3v) is 3.18. The maximum absolute atomic E-state index is 10.9. The van der Waals surface area contributed by atoms with E-state index in [-0.39, 0.29) is 5.82 Å². The average Bonchev–Trinajstić information content (AvgIpc) is 2.83. The average molecular weight is 311 g/mol. The Morgan fingerprint density at radius 2 is 2.10 bits per heavy atom. The Bertz CT molecular complexity index is 627.